The van der Waals surface area contributed by atoms with E-state index in [1.165, 1.54) is 12.4 Å². The van der Waals surface area contributed by atoms with Gasteiger partial charge in [0, 0.05) is 62.1 Å². The fraction of sp³-hybridized carbons (Fsp3) is 0.583. The van der Waals surface area contributed by atoms with Gasteiger partial charge in [-0.05, 0) is 44.1 Å². The molecule has 2 aliphatic heterocycles. The minimum Gasteiger partial charge on any atom is -0.381 e. The maximum absolute atomic E-state index is 14.3. The summed E-state index contributed by atoms with van der Waals surface area (Å²) >= 11 is 6.39. The lowest BCUT2D eigenvalue weighted by Gasteiger charge is -2.28. The second-order valence-corrected chi connectivity index (χ2v) is 9.32. The third-order valence-corrected chi connectivity index (χ3v) is 6.94. The molecule has 33 heavy (non-hydrogen) atoms. The monoisotopic (exact) mass is 475 g/mol. The standard InChI is InChI=1S/C24H31ClFN5O2/c1-2-17-4-3-16(12-27-17)22(32)10-18-9-19(20(25)13-28-18)21-14-29-23(26)24(31-21)30-11-15-5-7-33-8-6-15/h9,13-17,27H,2-8,10-12H2,1H3,(H,30,31)/t16-,17-/m1/s1. The third kappa shape index (κ3) is 6.25. The number of carbonyl (C=O) groups is 1. The molecular weight excluding hydrogens is 445 g/mol. The molecule has 0 amide bonds. The Balaban J connectivity index is 1.45. The van der Waals surface area contributed by atoms with Crippen LogP contribution in [0.25, 0.3) is 11.3 Å². The summed E-state index contributed by atoms with van der Waals surface area (Å²) in [6.45, 7) is 4.93. The molecule has 0 unspecified atom stereocenters. The van der Waals surface area contributed by atoms with E-state index in [0.717, 1.165) is 45.3 Å². The van der Waals surface area contributed by atoms with Crippen molar-refractivity contribution in [1.29, 1.82) is 0 Å². The number of ether oxygens (including phenoxy) is 1. The molecule has 2 atom stereocenters. The smallest absolute Gasteiger partial charge is 0.255 e. The Morgan fingerprint density at radius 2 is 2.06 bits per heavy atom. The van der Waals surface area contributed by atoms with Gasteiger partial charge in [-0.3, -0.25) is 9.78 Å². The Kier molecular flexibility index (Phi) is 8.22. The highest BCUT2D eigenvalue weighted by Crippen LogP contribution is 2.28. The van der Waals surface area contributed by atoms with E-state index < -0.39 is 5.95 Å². The zero-order chi connectivity index (χ0) is 23.2. The molecule has 0 radical (unpaired) electrons. The van der Waals surface area contributed by atoms with Gasteiger partial charge in [0.25, 0.3) is 5.95 Å². The molecule has 2 aromatic heterocycles. The number of nitrogens with one attached hydrogen (secondary N) is 2. The lowest BCUT2D eigenvalue weighted by Crippen LogP contribution is -2.41. The number of Topliss-reactive ketones (excluding diaryl/α,β-unsaturated/α-hetero) is 1. The number of carbonyl (C=O) groups excluding carboxylic acids is 1. The Morgan fingerprint density at radius 3 is 2.79 bits per heavy atom. The highest BCUT2D eigenvalue weighted by molar-refractivity contribution is 6.33. The molecular formula is C24H31ClFN5O2. The maximum atomic E-state index is 14.3. The molecule has 7 nitrogen and oxygen atoms in total. The number of rotatable bonds is 8. The molecule has 178 valence electrons. The Morgan fingerprint density at radius 1 is 1.24 bits per heavy atom. The van der Waals surface area contributed by atoms with E-state index >= 15 is 0 Å². The average molecular weight is 476 g/mol. The average Bonchev–Trinajstić information content (AvgIpc) is 2.85. The zero-order valence-corrected chi connectivity index (χ0v) is 19.7. The molecule has 9 heteroatoms. The molecule has 0 saturated carbocycles. The molecule has 2 fully saturated rings. The normalized spacial score (nSPS) is 21.7. The van der Waals surface area contributed by atoms with Gasteiger partial charge in [0.05, 0.1) is 16.9 Å². The van der Waals surface area contributed by atoms with Gasteiger partial charge in [-0.1, -0.05) is 18.5 Å². The van der Waals surface area contributed by atoms with Gasteiger partial charge in [0.2, 0.25) is 0 Å². The topological polar surface area (TPSA) is 89.0 Å². The summed E-state index contributed by atoms with van der Waals surface area (Å²) in [5.41, 5.74) is 1.65. The summed E-state index contributed by atoms with van der Waals surface area (Å²) in [4.78, 5) is 25.5. The fourth-order valence-electron chi connectivity index (χ4n) is 4.44. The van der Waals surface area contributed by atoms with Gasteiger partial charge in [0.15, 0.2) is 5.82 Å². The number of hydrogen-bond acceptors (Lipinski definition) is 7. The van der Waals surface area contributed by atoms with Crippen LogP contribution in [0.2, 0.25) is 5.02 Å². The molecule has 4 rings (SSSR count). The summed E-state index contributed by atoms with van der Waals surface area (Å²) in [7, 11) is 0. The molecule has 0 bridgehead atoms. The lowest BCUT2D eigenvalue weighted by atomic mass is 9.88. The number of ketones is 1. The van der Waals surface area contributed by atoms with Gasteiger partial charge in [-0.15, -0.1) is 0 Å². The van der Waals surface area contributed by atoms with Crippen molar-refractivity contribution in [3.8, 4) is 11.3 Å². The first-order valence-corrected chi connectivity index (χ1v) is 12.2. The molecule has 2 N–H and O–H groups in total. The molecule has 0 aromatic carbocycles. The molecule has 4 heterocycles. The van der Waals surface area contributed by atoms with E-state index in [1.807, 2.05) is 0 Å². The second-order valence-electron chi connectivity index (χ2n) is 8.92. The van der Waals surface area contributed by atoms with Gasteiger partial charge in [-0.2, -0.15) is 4.39 Å². The highest BCUT2D eigenvalue weighted by Gasteiger charge is 2.25. The van der Waals surface area contributed by atoms with Gasteiger partial charge >= 0.3 is 0 Å². The van der Waals surface area contributed by atoms with Crippen molar-refractivity contribution in [2.24, 2.45) is 11.8 Å². The number of pyridine rings is 1. The van der Waals surface area contributed by atoms with Crippen LogP contribution in [0.3, 0.4) is 0 Å². The van der Waals surface area contributed by atoms with Crippen molar-refractivity contribution < 1.29 is 13.9 Å². The van der Waals surface area contributed by atoms with Crippen LogP contribution in [0.4, 0.5) is 10.2 Å². The number of anilines is 1. The molecule has 2 saturated heterocycles. The zero-order valence-electron chi connectivity index (χ0n) is 18.9. The van der Waals surface area contributed by atoms with Crippen molar-refractivity contribution in [1.82, 2.24) is 20.3 Å². The van der Waals surface area contributed by atoms with Crippen LogP contribution in [-0.4, -0.2) is 53.1 Å². The molecule has 0 aliphatic carbocycles. The van der Waals surface area contributed by atoms with Crippen molar-refractivity contribution in [3.63, 3.8) is 0 Å². The van der Waals surface area contributed by atoms with Crippen molar-refractivity contribution in [2.45, 2.75) is 51.5 Å². The number of piperidine rings is 1. The van der Waals surface area contributed by atoms with Crippen molar-refractivity contribution in [3.05, 3.63) is 35.1 Å². The first-order valence-electron chi connectivity index (χ1n) is 11.8. The van der Waals surface area contributed by atoms with E-state index in [1.54, 1.807) is 6.07 Å². The Labute approximate surface area is 198 Å². The number of halogens is 2. The highest BCUT2D eigenvalue weighted by atomic mass is 35.5. The van der Waals surface area contributed by atoms with E-state index in [4.69, 9.17) is 16.3 Å². The Hall–Kier alpha value is -2.16. The van der Waals surface area contributed by atoms with E-state index in [9.17, 15) is 9.18 Å². The van der Waals surface area contributed by atoms with Gasteiger partial charge in [-0.25, -0.2) is 9.97 Å². The first-order chi connectivity index (χ1) is 16.0. The van der Waals surface area contributed by atoms with Crippen LogP contribution in [0.1, 0.15) is 44.7 Å². The summed E-state index contributed by atoms with van der Waals surface area (Å²) in [5.74, 6) is 0.0274. The minimum absolute atomic E-state index is 0.000306. The van der Waals surface area contributed by atoms with Crippen LogP contribution in [0.15, 0.2) is 18.5 Å². The third-order valence-electron chi connectivity index (χ3n) is 6.63. The molecule has 2 aliphatic rings. The predicted molar refractivity (Wildman–Crippen MR) is 126 cm³/mol. The first kappa shape index (κ1) is 24.0. The largest absolute Gasteiger partial charge is 0.381 e. The van der Waals surface area contributed by atoms with E-state index in [2.05, 4.69) is 32.5 Å². The fourth-order valence-corrected chi connectivity index (χ4v) is 4.64. The van der Waals surface area contributed by atoms with Gasteiger partial charge < -0.3 is 15.4 Å². The second kappa shape index (κ2) is 11.3. The summed E-state index contributed by atoms with van der Waals surface area (Å²) < 4.78 is 19.7. The molecule has 0 spiro atoms. The van der Waals surface area contributed by atoms with E-state index in [0.29, 0.717) is 47.0 Å². The summed E-state index contributed by atoms with van der Waals surface area (Å²) in [5, 5.41) is 6.92. The lowest BCUT2D eigenvalue weighted by molar-refractivity contribution is -0.122. The van der Waals surface area contributed by atoms with Crippen molar-refractivity contribution in [2.75, 3.05) is 31.6 Å². The molecule has 2 aromatic rings. The quantitative estimate of drug-likeness (QED) is 0.595. The van der Waals surface area contributed by atoms with Crippen molar-refractivity contribution >= 4 is 23.2 Å². The SMILES string of the molecule is CC[C@@H]1CC[C@@H](C(=O)Cc2cc(-c3cnc(F)c(NCC4CCOCC4)n3)c(Cl)cn2)CN1. The maximum Gasteiger partial charge on any atom is 0.255 e. The van der Waals surface area contributed by atoms with Crippen LogP contribution < -0.4 is 10.6 Å². The van der Waals surface area contributed by atoms with Crippen LogP contribution in [-0.2, 0) is 16.0 Å². The van der Waals surface area contributed by atoms with Crippen LogP contribution >= 0.6 is 11.6 Å². The summed E-state index contributed by atoms with van der Waals surface area (Å²) in [6.07, 6.45) is 7.97. The number of hydrogen-bond donors (Lipinski definition) is 2. The number of aromatic nitrogens is 3. The number of nitrogens with zero attached hydrogens (tertiary/aromatic N) is 3. The van der Waals surface area contributed by atoms with Crippen LogP contribution in [0.5, 0.6) is 0 Å². The summed E-state index contributed by atoms with van der Waals surface area (Å²) in [6, 6.07) is 2.26. The van der Waals surface area contributed by atoms with Gasteiger partial charge in [0.1, 0.15) is 5.78 Å². The van der Waals surface area contributed by atoms with Crippen LogP contribution in [0, 0.1) is 17.8 Å². The van der Waals surface area contributed by atoms with E-state index in [-0.39, 0.29) is 23.9 Å². The Bertz CT molecular complexity index is 962. The predicted octanol–water partition coefficient (Wildman–Crippen LogP) is 4.06. The minimum atomic E-state index is -0.651.